The molecule has 0 bridgehead atoms. The number of fused-ring (bicyclic) bond motifs is 1. The van der Waals surface area contributed by atoms with E-state index in [0.29, 0.717) is 32.0 Å². The maximum atomic E-state index is 12.4. The molecule has 0 fully saturated rings. The van der Waals surface area contributed by atoms with Gasteiger partial charge in [-0.1, -0.05) is 18.2 Å². The minimum atomic E-state index is -0.488. The fraction of sp³-hybridized carbons (Fsp3) is 0.158. The lowest BCUT2D eigenvalue weighted by molar-refractivity contribution is 0.0594. The van der Waals surface area contributed by atoms with Gasteiger partial charge < -0.3 is 14.5 Å². The maximum Gasteiger partial charge on any atom is 0.348 e. The zero-order valence-electron chi connectivity index (χ0n) is 14.9. The topological polar surface area (TPSA) is 98.3 Å². The molecule has 8 heteroatoms. The van der Waals surface area contributed by atoms with Gasteiger partial charge in [0, 0.05) is 0 Å². The largest absolute Gasteiger partial charge is 0.465 e. The van der Waals surface area contributed by atoms with Crippen LogP contribution in [-0.4, -0.2) is 36.1 Å². The Balaban J connectivity index is 1.93. The van der Waals surface area contributed by atoms with Crippen LogP contribution in [0.3, 0.4) is 0 Å². The molecule has 0 unspecified atom stereocenters. The van der Waals surface area contributed by atoms with Crippen molar-refractivity contribution in [2.45, 2.75) is 6.92 Å². The zero-order valence-corrected chi connectivity index (χ0v) is 15.7. The molecule has 0 aliphatic rings. The summed E-state index contributed by atoms with van der Waals surface area (Å²) < 4.78 is 9.40. The standard InChI is InChI=1S/C19H16N2O5S/c1-10-14-16(22)20-13(21-17(14)27-15(10)19(24)26-3)9-6-11-4-7-12(8-5-11)18(23)25-2/h4-9H,1-3H3,(H,20,21,22)/b9-6+. The van der Waals surface area contributed by atoms with Crippen molar-refractivity contribution in [3.63, 3.8) is 0 Å². The van der Waals surface area contributed by atoms with E-state index >= 15 is 0 Å². The molecule has 3 aromatic rings. The second-order valence-electron chi connectivity index (χ2n) is 5.63. The molecular formula is C19H16N2O5S. The van der Waals surface area contributed by atoms with Gasteiger partial charge in [-0.25, -0.2) is 14.6 Å². The number of thiophene rings is 1. The summed E-state index contributed by atoms with van der Waals surface area (Å²) in [5.41, 5.74) is 1.52. The van der Waals surface area contributed by atoms with Gasteiger partial charge in [-0.05, 0) is 36.3 Å². The van der Waals surface area contributed by atoms with Crippen molar-refractivity contribution in [1.29, 1.82) is 0 Å². The number of benzene rings is 1. The Morgan fingerprint density at radius 2 is 1.74 bits per heavy atom. The summed E-state index contributed by atoms with van der Waals surface area (Å²) >= 11 is 1.12. The highest BCUT2D eigenvalue weighted by atomic mass is 32.1. The van der Waals surface area contributed by atoms with Crippen LogP contribution in [0.5, 0.6) is 0 Å². The third-order valence-electron chi connectivity index (χ3n) is 3.96. The van der Waals surface area contributed by atoms with E-state index in [1.807, 2.05) is 0 Å². The number of nitrogens with zero attached hydrogens (tertiary/aromatic N) is 1. The zero-order chi connectivity index (χ0) is 19.6. The highest BCUT2D eigenvalue weighted by Crippen LogP contribution is 2.27. The first-order valence-corrected chi connectivity index (χ1v) is 8.74. The number of ether oxygens (including phenoxy) is 2. The van der Waals surface area contributed by atoms with Crippen molar-refractivity contribution in [3.8, 4) is 0 Å². The summed E-state index contributed by atoms with van der Waals surface area (Å²) in [6.45, 7) is 1.69. The van der Waals surface area contributed by atoms with E-state index in [4.69, 9.17) is 4.74 Å². The van der Waals surface area contributed by atoms with Crippen LogP contribution in [-0.2, 0) is 9.47 Å². The molecule has 0 radical (unpaired) electrons. The molecule has 0 spiro atoms. The third-order valence-corrected chi connectivity index (χ3v) is 5.12. The summed E-state index contributed by atoms with van der Waals surface area (Å²) in [6, 6.07) is 6.81. The van der Waals surface area contributed by atoms with Crippen molar-refractivity contribution >= 4 is 45.6 Å². The van der Waals surface area contributed by atoms with E-state index in [1.165, 1.54) is 14.2 Å². The van der Waals surface area contributed by atoms with Gasteiger partial charge in [-0.15, -0.1) is 11.3 Å². The molecule has 0 amide bonds. The van der Waals surface area contributed by atoms with E-state index in [0.717, 1.165) is 16.9 Å². The first-order valence-electron chi connectivity index (χ1n) is 7.92. The predicted octanol–water partition coefficient (Wildman–Crippen LogP) is 3.04. The van der Waals surface area contributed by atoms with Crippen LogP contribution in [0.25, 0.3) is 22.4 Å². The molecule has 1 aromatic carbocycles. The van der Waals surface area contributed by atoms with Gasteiger partial charge in [0.1, 0.15) is 15.5 Å². The van der Waals surface area contributed by atoms with Crippen LogP contribution in [0.1, 0.15) is 37.0 Å². The number of H-pyrrole nitrogens is 1. The van der Waals surface area contributed by atoms with Crippen molar-refractivity contribution in [2.75, 3.05) is 14.2 Å². The number of hydrogen-bond donors (Lipinski definition) is 1. The fourth-order valence-corrected chi connectivity index (χ4v) is 3.66. The number of aromatic nitrogens is 2. The van der Waals surface area contributed by atoms with Gasteiger partial charge in [0.25, 0.3) is 5.56 Å². The van der Waals surface area contributed by atoms with Crippen LogP contribution in [0, 0.1) is 6.92 Å². The molecule has 0 aliphatic heterocycles. The molecule has 7 nitrogen and oxygen atoms in total. The summed E-state index contributed by atoms with van der Waals surface area (Å²) in [4.78, 5) is 43.6. The van der Waals surface area contributed by atoms with Gasteiger partial charge in [0.15, 0.2) is 0 Å². The molecular weight excluding hydrogens is 368 g/mol. The van der Waals surface area contributed by atoms with E-state index < -0.39 is 11.9 Å². The molecule has 27 heavy (non-hydrogen) atoms. The number of aryl methyl sites for hydroxylation is 1. The molecule has 0 saturated heterocycles. The van der Waals surface area contributed by atoms with Gasteiger partial charge >= 0.3 is 11.9 Å². The summed E-state index contributed by atoms with van der Waals surface area (Å²) in [5, 5.41) is 0.389. The Kier molecular flexibility index (Phi) is 5.18. The van der Waals surface area contributed by atoms with Crippen LogP contribution >= 0.6 is 11.3 Å². The lowest BCUT2D eigenvalue weighted by Gasteiger charge is -1.99. The number of carbonyl (C=O) groups is 2. The minimum absolute atomic E-state index is 0.315. The number of methoxy groups -OCH3 is 2. The number of hydrogen-bond acceptors (Lipinski definition) is 7. The Morgan fingerprint density at radius 3 is 2.37 bits per heavy atom. The van der Waals surface area contributed by atoms with Crippen molar-refractivity contribution in [3.05, 3.63) is 62.0 Å². The SMILES string of the molecule is COC(=O)c1ccc(/C=C/c2nc3sc(C(=O)OC)c(C)c3c(=O)[nH]2)cc1. The molecule has 138 valence electrons. The predicted molar refractivity (Wildman–Crippen MR) is 103 cm³/mol. The lowest BCUT2D eigenvalue weighted by atomic mass is 10.1. The summed E-state index contributed by atoms with van der Waals surface area (Å²) in [6.07, 6.45) is 3.41. The van der Waals surface area contributed by atoms with Crippen LogP contribution in [0.2, 0.25) is 0 Å². The van der Waals surface area contributed by atoms with Gasteiger partial charge in [-0.2, -0.15) is 0 Å². The van der Waals surface area contributed by atoms with Crippen LogP contribution in [0.15, 0.2) is 29.1 Å². The van der Waals surface area contributed by atoms with Gasteiger partial charge in [0.2, 0.25) is 0 Å². The smallest absolute Gasteiger partial charge is 0.348 e. The Morgan fingerprint density at radius 1 is 1.07 bits per heavy atom. The van der Waals surface area contributed by atoms with E-state index in [9.17, 15) is 14.4 Å². The van der Waals surface area contributed by atoms with E-state index in [2.05, 4.69) is 14.7 Å². The average molecular weight is 384 g/mol. The van der Waals surface area contributed by atoms with E-state index in [-0.39, 0.29) is 5.56 Å². The number of rotatable bonds is 4. The maximum absolute atomic E-state index is 12.4. The van der Waals surface area contributed by atoms with Crippen molar-refractivity contribution in [2.24, 2.45) is 0 Å². The minimum Gasteiger partial charge on any atom is -0.465 e. The molecule has 2 heterocycles. The Hall–Kier alpha value is -3.26. The van der Waals surface area contributed by atoms with Gasteiger partial charge in [0.05, 0.1) is 25.2 Å². The first-order chi connectivity index (χ1) is 12.9. The number of nitrogens with one attached hydrogen (secondary N) is 1. The molecule has 0 aliphatic carbocycles. The lowest BCUT2D eigenvalue weighted by Crippen LogP contribution is -2.09. The highest BCUT2D eigenvalue weighted by Gasteiger charge is 2.19. The highest BCUT2D eigenvalue weighted by molar-refractivity contribution is 7.20. The third kappa shape index (κ3) is 3.65. The Bertz CT molecular complexity index is 1110. The molecule has 2 aromatic heterocycles. The number of esters is 2. The normalized spacial score (nSPS) is 11.1. The van der Waals surface area contributed by atoms with E-state index in [1.54, 1.807) is 43.3 Å². The van der Waals surface area contributed by atoms with Crippen LogP contribution in [0.4, 0.5) is 0 Å². The number of aromatic amines is 1. The van der Waals surface area contributed by atoms with Gasteiger partial charge in [-0.3, -0.25) is 4.79 Å². The molecule has 3 rings (SSSR count). The molecule has 0 saturated carbocycles. The Labute approximate surface area is 158 Å². The quantitative estimate of drug-likeness (QED) is 0.694. The average Bonchev–Trinajstić information content (AvgIpc) is 3.02. The van der Waals surface area contributed by atoms with Crippen LogP contribution < -0.4 is 5.56 Å². The molecule has 0 atom stereocenters. The first kappa shape index (κ1) is 18.5. The second kappa shape index (κ2) is 7.55. The summed E-state index contributed by atoms with van der Waals surface area (Å²) in [7, 11) is 2.62. The summed E-state index contributed by atoms with van der Waals surface area (Å²) in [5.74, 6) is -0.531. The number of carbonyl (C=O) groups excluding carboxylic acids is 2. The second-order valence-corrected chi connectivity index (χ2v) is 6.63. The monoisotopic (exact) mass is 384 g/mol. The van der Waals surface area contributed by atoms with Crippen molar-refractivity contribution in [1.82, 2.24) is 9.97 Å². The van der Waals surface area contributed by atoms with Crippen molar-refractivity contribution < 1.29 is 19.1 Å². The molecule has 1 N–H and O–H groups in total. The fourth-order valence-electron chi connectivity index (χ4n) is 2.55.